The molecule has 3 aromatic rings. The van der Waals surface area contributed by atoms with Crippen molar-refractivity contribution >= 4 is 17.5 Å². The Morgan fingerprint density at radius 1 is 0.852 bits per heavy atom. The molecule has 0 saturated heterocycles. The summed E-state index contributed by atoms with van der Waals surface area (Å²) in [6.07, 6.45) is 0. The second-order valence-corrected chi connectivity index (χ2v) is 6.89. The van der Waals surface area contributed by atoms with Gasteiger partial charge in [0.2, 0.25) is 5.95 Å². The van der Waals surface area contributed by atoms with E-state index in [0.29, 0.717) is 18.2 Å². The van der Waals surface area contributed by atoms with Crippen LogP contribution < -0.4 is 10.6 Å². The van der Waals surface area contributed by atoms with Gasteiger partial charge in [-0.25, -0.2) is 9.97 Å². The van der Waals surface area contributed by atoms with E-state index in [-0.39, 0.29) is 5.91 Å². The van der Waals surface area contributed by atoms with Gasteiger partial charge in [0.05, 0.1) is 0 Å². The summed E-state index contributed by atoms with van der Waals surface area (Å²) in [4.78, 5) is 21.4. The minimum atomic E-state index is -0.246. The van der Waals surface area contributed by atoms with Crippen LogP contribution in [0.15, 0.2) is 48.5 Å². The number of nitrogens with one attached hydrogen (secondary N) is 2. The van der Waals surface area contributed by atoms with Crippen molar-refractivity contribution in [3.05, 3.63) is 82.2 Å². The number of hydrogen-bond acceptors (Lipinski definition) is 4. The number of carbonyl (C=O) groups is 1. The van der Waals surface area contributed by atoms with Crippen molar-refractivity contribution in [1.82, 2.24) is 9.97 Å². The molecular formula is C22H24N4O. The zero-order chi connectivity index (χ0) is 19.4. The van der Waals surface area contributed by atoms with E-state index in [1.807, 2.05) is 32.9 Å². The third-order valence-electron chi connectivity index (χ3n) is 4.14. The van der Waals surface area contributed by atoms with E-state index < -0.39 is 0 Å². The zero-order valence-corrected chi connectivity index (χ0v) is 16.1. The first-order valence-electron chi connectivity index (χ1n) is 8.94. The molecule has 0 fully saturated rings. The molecule has 3 rings (SSSR count). The number of carbonyl (C=O) groups excluding carboxylic acids is 1. The van der Waals surface area contributed by atoms with E-state index >= 15 is 0 Å². The largest absolute Gasteiger partial charge is 0.350 e. The molecule has 0 atom stereocenters. The van der Waals surface area contributed by atoms with E-state index in [1.54, 1.807) is 6.07 Å². The van der Waals surface area contributed by atoms with Crippen LogP contribution in [0, 0.1) is 27.7 Å². The average Bonchev–Trinajstić information content (AvgIpc) is 2.60. The Hall–Kier alpha value is -3.21. The molecule has 27 heavy (non-hydrogen) atoms. The van der Waals surface area contributed by atoms with Crippen LogP contribution in [0.3, 0.4) is 0 Å². The molecule has 1 aromatic heterocycles. The highest BCUT2D eigenvalue weighted by Gasteiger charge is 2.11. The van der Waals surface area contributed by atoms with Gasteiger partial charge < -0.3 is 10.6 Å². The van der Waals surface area contributed by atoms with Gasteiger partial charge in [0.1, 0.15) is 5.69 Å². The lowest BCUT2D eigenvalue weighted by molar-refractivity contribution is 0.102. The number of aromatic nitrogens is 2. The molecule has 5 nitrogen and oxygen atoms in total. The molecule has 1 amide bonds. The summed E-state index contributed by atoms with van der Waals surface area (Å²) in [5.74, 6) is 0.199. The maximum Gasteiger partial charge on any atom is 0.274 e. The Kier molecular flexibility index (Phi) is 5.50. The predicted octanol–water partition coefficient (Wildman–Crippen LogP) is 4.57. The topological polar surface area (TPSA) is 66.9 Å². The Morgan fingerprint density at radius 2 is 1.52 bits per heavy atom. The summed E-state index contributed by atoms with van der Waals surface area (Å²) >= 11 is 0. The van der Waals surface area contributed by atoms with Crippen LogP contribution in [0.25, 0.3) is 0 Å². The summed E-state index contributed by atoms with van der Waals surface area (Å²) in [7, 11) is 0. The van der Waals surface area contributed by atoms with Crippen molar-refractivity contribution in [2.24, 2.45) is 0 Å². The highest BCUT2D eigenvalue weighted by molar-refractivity contribution is 6.03. The quantitative estimate of drug-likeness (QED) is 0.699. The van der Waals surface area contributed by atoms with Crippen molar-refractivity contribution in [1.29, 1.82) is 0 Å². The van der Waals surface area contributed by atoms with Gasteiger partial charge in [-0.3, -0.25) is 4.79 Å². The smallest absolute Gasteiger partial charge is 0.274 e. The highest BCUT2D eigenvalue weighted by Crippen LogP contribution is 2.15. The monoisotopic (exact) mass is 360 g/mol. The fourth-order valence-electron chi connectivity index (χ4n) is 2.89. The van der Waals surface area contributed by atoms with Gasteiger partial charge >= 0.3 is 0 Å². The first-order valence-corrected chi connectivity index (χ1v) is 8.94. The molecule has 5 heteroatoms. The fourth-order valence-corrected chi connectivity index (χ4v) is 2.89. The first-order chi connectivity index (χ1) is 12.9. The molecule has 0 unspecified atom stereocenters. The number of hydrogen-bond donors (Lipinski definition) is 2. The lowest BCUT2D eigenvalue weighted by Gasteiger charge is -2.10. The maximum absolute atomic E-state index is 12.6. The van der Waals surface area contributed by atoms with Crippen molar-refractivity contribution < 1.29 is 4.79 Å². The van der Waals surface area contributed by atoms with Crippen LogP contribution >= 0.6 is 0 Å². The normalized spacial score (nSPS) is 10.5. The van der Waals surface area contributed by atoms with Gasteiger partial charge in [-0.15, -0.1) is 0 Å². The van der Waals surface area contributed by atoms with Crippen LogP contribution in [-0.2, 0) is 6.54 Å². The summed E-state index contributed by atoms with van der Waals surface area (Å²) in [5.41, 5.74) is 6.40. The Balaban J connectivity index is 1.73. The molecule has 0 spiro atoms. The molecule has 0 aliphatic heterocycles. The lowest BCUT2D eigenvalue weighted by atomic mass is 10.1. The molecule has 0 aliphatic carbocycles. The van der Waals surface area contributed by atoms with Crippen LogP contribution in [-0.4, -0.2) is 15.9 Å². The van der Waals surface area contributed by atoms with E-state index in [9.17, 15) is 4.79 Å². The SMILES string of the molecule is Cc1ccc(CNc2nc(C)cc(C(=O)Nc3cc(C)cc(C)c3)n2)cc1. The number of amides is 1. The maximum atomic E-state index is 12.6. The minimum absolute atomic E-state index is 0.246. The van der Waals surface area contributed by atoms with Gasteiger partial charge in [0.25, 0.3) is 5.91 Å². The molecule has 138 valence electrons. The van der Waals surface area contributed by atoms with Crippen LogP contribution in [0.2, 0.25) is 0 Å². The lowest BCUT2D eigenvalue weighted by Crippen LogP contribution is -2.16. The molecule has 0 saturated carbocycles. The van der Waals surface area contributed by atoms with Crippen LogP contribution in [0.1, 0.15) is 38.4 Å². The molecular weight excluding hydrogens is 336 g/mol. The minimum Gasteiger partial charge on any atom is -0.350 e. The zero-order valence-electron chi connectivity index (χ0n) is 16.1. The van der Waals surface area contributed by atoms with E-state index in [2.05, 4.69) is 57.9 Å². The Bertz CT molecular complexity index is 944. The molecule has 0 aliphatic rings. The molecule has 0 bridgehead atoms. The Labute approximate surface area is 159 Å². The van der Waals surface area contributed by atoms with Gasteiger partial charge in [0, 0.05) is 17.9 Å². The summed E-state index contributed by atoms with van der Waals surface area (Å²) in [6.45, 7) is 8.52. The average molecular weight is 360 g/mol. The molecule has 2 N–H and O–H groups in total. The summed E-state index contributed by atoms with van der Waals surface area (Å²) < 4.78 is 0. The number of aryl methyl sites for hydroxylation is 4. The third-order valence-corrected chi connectivity index (χ3v) is 4.14. The van der Waals surface area contributed by atoms with Crippen molar-refractivity contribution in [2.75, 3.05) is 10.6 Å². The third kappa shape index (κ3) is 5.14. The number of benzene rings is 2. The standard InChI is InChI=1S/C22H24N4O/c1-14-5-7-18(8-6-14)13-23-22-24-17(4)12-20(26-22)21(27)25-19-10-15(2)9-16(3)11-19/h5-12H,13H2,1-4H3,(H,25,27)(H,23,24,26). The van der Waals surface area contributed by atoms with Gasteiger partial charge in [-0.05, 0) is 62.6 Å². The second kappa shape index (κ2) is 7.99. The number of anilines is 2. The summed E-state index contributed by atoms with van der Waals surface area (Å²) in [6, 6.07) is 15.9. The highest BCUT2D eigenvalue weighted by atomic mass is 16.1. The van der Waals surface area contributed by atoms with Crippen molar-refractivity contribution in [3.63, 3.8) is 0 Å². The van der Waals surface area contributed by atoms with Crippen molar-refractivity contribution in [2.45, 2.75) is 34.2 Å². The molecule has 1 heterocycles. The predicted molar refractivity (Wildman–Crippen MR) is 109 cm³/mol. The van der Waals surface area contributed by atoms with E-state index in [1.165, 1.54) is 5.56 Å². The first kappa shape index (κ1) is 18.6. The van der Waals surface area contributed by atoms with E-state index in [4.69, 9.17) is 0 Å². The van der Waals surface area contributed by atoms with Crippen LogP contribution in [0.4, 0.5) is 11.6 Å². The second-order valence-electron chi connectivity index (χ2n) is 6.89. The number of rotatable bonds is 5. The van der Waals surface area contributed by atoms with Crippen LogP contribution in [0.5, 0.6) is 0 Å². The van der Waals surface area contributed by atoms with E-state index in [0.717, 1.165) is 28.1 Å². The van der Waals surface area contributed by atoms with Gasteiger partial charge in [-0.2, -0.15) is 0 Å². The fraction of sp³-hybridized carbons (Fsp3) is 0.227. The summed E-state index contributed by atoms with van der Waals surface area (Å²) in [5, 5.41) is 6.11. The van der Waals surface area contributed by atoms with Gasteiger partial charge in [0.15, 0.2) is 0 Å². The molecule has 0 radical (unpaired) electrons. The van der Waals surface area contributed by atoms with Crippen molar-refractivity contribution in [3.8, 4) is 0 Å². The Morgan fingerprint density at radius 3 is 2.19 bits per heavy atom. The number of nitrogens with zero attached hydrogens (tertiary/aromatic N) is 2. The van der Waals surface area contributed by atoms with Gasteiger partial charge in [-0.1, -0.05) is 35.9 Å². The molecule has 2 aromatic carbocycles.